The summed E-state index contributed by atoms with van der Waals surface area (Å²) in [5.74, 6) is 0.299. The Labute approximate surface area is 95.9 Å². The van der Waals surface area contributed by atoms with Gasteiger partial charge in [0, 0.05) is 11.6 Å². The number of nitrogens with zero attached hydrogens (tertiary/aromatic N) is 1. The van der Waals surface area contributed by atoms with Gasteiger partial charge in [-0.1, -0.05) is 39.0 Å². The number of hydrogen-bond donors (Lipinski definition) is 0. The molecule has 0 spiro atoms. The first kappa shape index (κ1) is 12.4. The van der Waals surface area contributed by atoms with E-state index in [2.05, 4.69) is 6.58 Å². The summed E-state index contributed by atoms with van der Waals surface area (Å²) in [5.41, 5.74) is 1.93. The molecule has 1 aromatic carbocycles. The second-order valence-corrected chi connectivity index (χ2v) is 4.25. The lowest BCUT2D eigenvalue weighted by Crippen LogP contribution is -1.99. The number of nitro benzene ring substituents is 1. The van der Waals surface area contributed by atoms with Crippen molar-refractivity contribution in [2.75, 3.05) is 0 Å². The quantitative estimate of drug-likeness (QED) is 0.436. The van der Waals surface area contributed by atoms with Gasteiger partial charge in [-0.05, 0) is 17.4 Å². The predicted molar refractivity (Wildman–Crippen MR) is 65.8 cm³/mol. The lowest BCUT2D eigenvalue weighted by molar-refractivity contribution is -0.385. The van der Waals surface area contributed by atoms with Crippen molar-refractivity contribution in [3.05, 3.63) is 52.1 Å². The first-order valence-electron chi connectivity index (χ1n) is 5.38. The van der Waals surface area contributed by atoms with Crippen molar-refractivity contribution in [1.82, 2.24) is 0 Å². The molecule has 0 saturated heterocycles. The highest BCUT2D eigenvalue weighted by atomic mass is 16.6. The van der Waals surface area contributed by atoms with Crippen LogP contribution in [0.3, 0.4) is 0 Å². The van der Waals surface area contributed by atoms with Crippen LogP contribution < -0.4 is 0 Å². The van der Waals surface area contributed by atoms with Crippen molar-refractivity contribution in [2.24, 2.45) is 0 Å². The molecule has 3 nitrogen and oxygen atoms in total. The minimum atomic E-state index is -0.311. The minimum absolute atomic E-state index is 0.139. The van der Waals surface area contributed by atoms with Crippen LogP contribution in [0.2, 0.25) is 0 Å². The fourth-order valence-electron chi connectivity index (χ4n) is 1.63. The van der Waals surface area contributed by atoms with Crippen molar-refractivity contribution in [1.29, 1.82) is 0 Å². The van der Waals surface area contributed by atoms with Gasteiger partial charge in [0.05, 0.1) is 4.92 Å². The Morgan fingerprint density at radius 2 is 2.00 bits per heavy atom. The maximum Gasteiger partial charge on any atom is 0.273 e. The summed E-state index contributed by atoms with van der Waals surface area (Å²) in [6.45, 7) is 9.59. The third kappa shape index (κ3) is 2.48. The highest BCUT2D eigenvalue weighted by Crippen LogP contribution is 2.30. The second kappa shape index (κ2) is 4.92. The number of rotatable bonds is 4. The molecule has 0 heterocycles. The van der Waals surface area contributed by atoms with Crippen LogP contribution in [-0.4, -0.2) is 4.92 Å². The summed E-state index contributed by atoms with van der Waals surface area (Å²) in [5, 5.41) is 11.0. The van der Waals surface area contributed by atoms with Crippen LogP contribution in [-0.2, 0) is 0 Å². The molecular formula is C13H17NO2. The van der Waals surface area contributed by atoms with Gasteiger partial charge in [0.2, 0.25) is 0 Å². The number of benzene rings is 1. The van der Waals surface area contributed by atoms with Gasteiger partial charge in [0.25, 0.3) is 5.69 Å². The maximum atomic E-state index is 11.0. The summed E-state index contributed by atoms with van der Waals surface area (Å²) in [6.07, 6.45) is 1.79. The molecule has 16 heavy (non-hydrogen) atoms. The van der Waals surface area contributed by atoms with E-state index in [0.29, 0.717) is 0 Å². The molecule has 0 N–H and O–H groups in total. The zero-order valence-corrected chi connectivity index (χ0v) is 9.93. The number of nitro groups is 1. The average Bonchev–Trinajstić information content (AvgIpc) is 2.26. The van der Waals surface area contributed by atoms with Gasteiger partial charge >= 0.3 is 0 Å². The Hall–Kier alpha value is -1.64. The van der Waals surface area contributed by atoms with E-state index in [1.54, 1.807) is 12.1 Å². The summed E-state index contributed by atoms with van der Waals surface area (Å²) in [4.78, 5) is 10.7. The van der Waals surface area contributed by atoms with E-state index in [4.69, 9.17) is 0 Å². The van der Waals surface area contributed by atoms with E-state index in [0.717, 1.165) is 11.1 Å². The molecule has 1 aromatic rings. The average molecular weight is 219 g/mol. The molecule has 0 amide bonds. The molecule has 86 valence electrons. The van der Waals surface area contributed by atoms with E-state index >= 15 is 0 Å². The summed E-state index contributed by atoms with van der Waals surface area (Å²) in [6, 6.07) is 5.44. The molecule has 0 fully saturated rings. The SMILES string of the molecule is C=CC(C)c1ccc(C(C)C)c([N+](=O)[O-])c1. The largest absolute Gasteiger partial charge is 0.273 e. The standard InChI is InChI=1S/C13H17NO2/c1-5-10(4)11-6-7-12(9(2)3)13(8-11)14(15)16/h5-10H,1H2,2-4H3. The van der Waals surface area contributed by atoms with E-state index < -0.39 is 0 Å². The lowest BCUT2D eigenvalue weighted by atomic mass is 9.94. The van der Waals surface area contributed by atoms with Crippen LogP contribution in [0.15, 0.2) is 30.9 Å². The Morgan fingerprint density at radius 3 is 2.44 bits per heavy atom. The van der Waals surface area contributed by atoms with Crippen molar-refractivity contribution in [3.63, 3.8) is 0 Å². The molecule has 0 aromatic heterocycles. The third-order valence-corrected chi connectivity index (χ3v) is 2.75. The Morgan fingerprint density at radius 1 is 1.38 bits per heavy atom. The number of allylic oxidation sites excluding steroid dienone is 1. The molecule has 1 unspecified atom stereocenters. The van der Waals surface area contributed by atoms with Gasteiger partial charge in [-0.25, -0.2) is 0 Å². The molecule has 1 rings (SSSR count). The smallest absolute Gasteiger partial charge is 0.258 e. The van der Waals surface area contributed by atoms with Gasteiger partial charge in [-0.3, -0.25) is 10.1 Å². The lowest BCUT2D eigenvalue weighted by Gasteiger charge is -2.10. The summed E-state index contributed by atoms with van der Waals surface area (Å²) >= 11 is 0. The predicted octanol–water partition coefficient (Wildman–Crippen LogP) is 4.01. The van der Waals surface area contributed by atoms with Gasteiger partial charge < -0.3 is 0 Å². The van der Waals surface area contributed by atoms with Crippen LogP contribution in [0, 0.1) is 10.1 Å². The second-order valence-electron chi connectivity index (χ2n) is 4.25. The summed E-state index contributed by atoms with van der Waals surface area (Å²) < 4.78 is 0. The molecule has 0 saturated carbocycles. The van der Waals surface area contributed by atoms with Crippen molar-refractivity contribution in [2.45, 2.75) is 32.6 Å². The van der Waals surface area contributed by atoms with Crippen LogP contribution in [0.4, 0.5) is 5.69 Å². The van der Waals surface area contributed by atoms with Gasteiger partial charge in [0.1, 0.15) is 0 Å². The van der Waals surface area contributed by atoms with Crippen molar-refractivity contribution < 1.29 is 4.92 Å². The van der Waals surface area contributed by atoms with E-state index in [1.165, 1.54) is 0 Å². The first-order chi connectivity index (χ1) is 7.47. The fraction of sp³-hybridized carbons (Fsp3) is 0.385. The van der Waals surface area contributed by atoms with Gasteiger partial charge in [-0.15, -0.1) is 6.58 Å². The van der Waals surface area contributed by atoms with Crippen molar-refractivity contribution in [3.8, 4) is 0 Å². The highest BCUT2D eigenvalue weighted by Gasteiger charge is 2.17. The van der Waals surface area contributed by atoms with E-state index in [9.17, 15) is 10.1 Å². The topological polar surface area (TPSA) is 43.1 Å². The molecule has 0 bridgehead atoms. The van der Waals surface area contributed by atoms with Gasteiger partial charge in [0.15, 0.2) is 0 Å². The van der Waals surface area contributed by atoms with Crippen LogP contribution >= 0.6 is 0 Å². The molecule has 0 aliphatic rings. The summed E-state index contributed by atoms with van der Waals surface area (Å²) in [7, 11) is 0. The zero-order chi connectivity index (χ0) is 12.3. The molecule has 0 radical (unpaired) electrons. The Bertz CT molecular complexity index is 410. The molecule has 3 heteroatoms. The Balaban J connectivity index is 3.28. The molecule has 0 aliphatic carbocycles. The Kier molecular flexibility index (Phi) is 3.82. The maximum absolute atomic E-state index is 11.0. The van der Waals surface area contributed by atoms with Gasteiger partial charge in [-0.2, -0.15) is 0 Å². The van der Waals surface area contributed by atoms with Crippen LogP contribution in [0.5, 0.6) is 0 Å². The fourth-order valence-corrected chi connectivity index (χ4v) is 1.63. The van der Waals surface area contributed by atoms with Crippen LogP contribution in [0.25, 0.3) is 0 Å². The normalized spacial score (nSPS) is 12.5. The third-order valence-electron chi connectivity index (χ3n) is 2.75. The minimum Gasteiger partial charge on any atom is -0.258 e. The highest BCUT2D eigenvalue weighted by molar-refractivity contribution is 5.46. The monoisotopic (exact) mass is 219 g/mol. The van der Waals surface area contributed by atoms with E-state index in [-0.39, 0.29) is 22.4 Å². The van der Waals surface area contributed by atoms with E-state index in [1.807, 2.05) is 32.9 Å². The molecule has 0 aliphatic heterocycles. The van der Waals surface area contributed by atoms with Crippen LogP contribution in [0.1, 0.15) is 43.7 Å². The van der Waals surface area contributed by atoms with Crippen molar-refractivity contribution >= 4 is 5.69 Å². The molecular weight excluding hydrogens is 202 g/mol. The molecule has 1 atom stereocenters. The number of hydrogen-bond acceptors (Lipinski definition) is 2. The zero-order valence-electron chi connectivity index (χ0n) is 9.93. The first-order valence-corrected chi connectivity index (χ1v) is 5.38.